The third kappa shape index (κ3) is 4.07. The summed E-state index contributed by atoms with van der Waals surface area (Å²) in [7, 11) is 0. The summed E-state index contributed by atoms with van der Waals surface area (Å²) in [5.74, 6) is -0.170. The highest BCUT2D eigenvalue weighted by molar-refractivity contribution is 5.66. The summed E-state index contributed by atoms with van der Waals surface area (Å²) in [5, 5.41) is 17.4. The molecule has 4 nitrogen and oxygen atoms in total. The molecule has 1 aliphatic rings. The third-order valence-electron chi connectivity index (χ3n) is 2.78. The fraction of sp³-hybridized carbons (Fsp3) is 0.900. The molecule has 2 N–H and O–H groups in total. The Hall–Kier alpha value is -0.610. The van der Waals surface area contributed by atoms with Crippen molar-refractivity contribution >= 4 is 5.97 Å². The van der Waals surface area contributed by atoms with E-state index in [0.29, 0.717) is 12.5 Å². The van der Waals surface area contributed by atoms with Crippen LogP contribution in [0.15, 0.2) is 0 Å². The van der Waals surface area contributed by atoms with Crippen molar-refractivity contribution in [1.82, 2.24) is 4.90 Å². The molecule has 82 valence electrons. The number of hydrogen-bond donors (Lipinski definition) is 2. The molecule has 1 heterocycles. The van der Waals surface area contributed by atoms with E-state index in [1.807, 2.05) is 0 Å². The maximum atomic E-state index is 10.4. The highest BCUT2D eigenvalue weighted by Crippen LogP contribution is 2.19. The van der Waals surface area contributed by atoms with E-state index in [1.165, 1.54) is 6.42 Å². The van der Waals surface area contributed by atoms with Crippen LogP contribution in [0.4, 0.5) is 0 Å². The van der Waals surface area contributed by atoms with Gasteiger partial charge in [-0.05, 0) is 31.7 Å². The first-order valence-electron chi connectivity index (χ1n) is 5.27. The van der Waals surface area contributed by atoms with Crippen LogP contribution in [-0.4, -0.2) is 47.3 Å². The number of aliphatic hydroxyl groups is 1. The van der Waals surface area contributed by atoms with Crippen LogP contribution in [0, 0.1) is 5.92 Å². The van der Waals surface area contributed by atoms with Gasteiger partial charge in [0, 0.05) is 19.7 Å². The lowest BCUT2D eigenvalue weighted by molar-refractivity contribution is -0.137. The molecule has 0 aromatic carbocycles. The third-order valence-corrected chi connectivity index (χ3v) is 2.78. The van der Waals surface area contributed by atoms with Gasteiger partial charge in [0.05, 0.1) is 6.42 Å². The number of rotatable bonds is 5. The minimum atomic E-state index is -0.728. The van der Waals surface area contributed by atoms with Gasteiger partial charge in [-0.1, -0.05) is 0 Å². The molecule has 1 saturated heterocycles. The van der Waals surface area contributed by atoms with Crippen molar-refractivity contribution in [3.8, 4) is 0 Å². The largest absolute Gasteiger partial charge is 0.481 e. The Labute approximate surface area is 84.5 Å². The predicted octanol–water partition coefficient (Wildman–Crippen LogP) is 0.555. The van der Waals surface area contributed by atoms with Gasteiger partial charge in [0.1, 0.15) is 0 Å². The van der Waals surface area contributed by atoms with Crippen LogP contribution in [0.5, 0.6) is 0 Å². The van der Waals surface area contributed by atoms with Crippen LogP contribution in [-0.2, 0) is 4.79 Å². The molecule has 0 aliphatic carbocycles. The quantitative estimate of drug-likeness (QED) is 0.682. The summed E-state index contributed by atoms with van der Waals surface area (Å²) in [6, 6.07) is 0. The van der Waals surface area contributed by atoms with Crippen LogP contribution in [0.25, 0.3) is 0 Å². The Morgan fingerprint density at radius 2 is 2.29 bits per heavy atom. The fourth-order valence-corrected chi connectivity index (χ4v) is 2.03. The molecule has 0 aromatic rings. The van der Waals surface area contributed by atoms with Crippen molar-refractivity contribution in [2.45, 2.75) is 25.7 Å². The van der Waals surface area contributed by atoms with Crippen molar-refractivity contribution in [1.29, 1.82) is 0 Å². The molecule has 14 heavy (non-hydrogen) atoms. The van der Waals surface area contributed by atoms with Crippen LogP contribution >= 0.6 is 0 Å². The van der Waals surface area contributed by atoms with Crippen molar-refractivity contribution < 1.29 is 15.0 Å². The van der Waals surface area contributed by atoms with Gasteiger partial charge in [-0.25, -0.2) is 0 Å². The van der Waals surface area contributed by atoms with Crippen molar-refractivity contribution in [3.63, 3.8) is 0 Å². The second-order valence-electron chi connectivity index (χ2n) is 3.96. The number of nitrogens with zero attached hydrogens (tertiary/aromatic N) is 1. The van der Waals surface area contributed by atoms with Crippen molar-refractivity contribution in [2.24, 2.45) is 5.92 Å². The Balaban J connectivity index is 2.21. The number of aliphatic carboxylic acids is 1. The van der Waals surface area contributed by atoms with E-state index in [4.69, 9.17) is 10.2 Å². The molecule has 0 spiro atoms. The number of aliphatic hydroxyl groups excluding tert-OH is 1. The highest BCUT2D eigenvalue weighted by Gasteiger charge is 2.19. The summed E-state index contributed by atoms with van der Waals surface area (Å²) in [4.78, 5) is 12.6. The van der Waals surface area contributed by atoms with E-state index in [2.05, 4.69) is 4.90 Å². The number of piperidine rings is 1. The molecule has 1 atom stereocenters. The summed E-state index contributed by atoms with van der Waals surface area (Å²) < 4.78 is 0. The van der Waals surface area contributed by atoms with Crippen LogP contribution in [0.1, 0.15) is 25.7 Å². The van der Waals surface area contributed by atoms with E-state index in [1.54, 1.807) is 0 Å². The maximum absolute atomic E-state index is 10.4. The van der Waals surface area contributed by atoms with Crippen LogP contribution in [0.2, 0.25) is 0 Å². The SMILES string of the molecule is O=C(O)CCN1CCCC(CCO)C1. The molecule has 1 fully saturated rings. The second kappa shape index (κ2) is 5.98. The number of carbonyl (C=O) groups is 1. The number of hydrogen-bond acceptors (Lipinski definition) is 3. The summed E-state index contributed by atoms with van der Waals surface area (Å²) >= 11 is 0. The Morgan fingerprint density at radius 1 is 1.50 bits per heavy atom. The van der Waals surface area contributed by atoms with Gasteiger partial charge < -0.3 is 15.1 Å². The average Bonchev–Trinajstić information content (AvgIpc) is 2.16. The van der Waals surface area contributed by atoms with E-state index < -0.39 is 5.97 Å². The molecule has 0 bridgehead atoms. The molecule has 0 radical (unpaired) electrons. The van der Waals surface area contributed by atoms with Gasteiger partial charge >= 0.3 is 5.97 Å². The molecule has 1 rings (SSSR count). The predicted molar refractivity (Wildman–Crippen MR) is 53.1 cm³/mol. The Bertz CT molecular complexity index is 182. The monoisotopic (exact) mass is 201 g/mol. The molecule has 0 saturated carbocycles. The number of likely N-dealkylation sites (tertiary alicyclic amines) is 1. The van der Waals surface area contributed by atoms with Gasteiger partial charge in [-0.15, -0.1) is 0 Å². The Kier molecular flexibility index (Phi) is 4.90. The van der Waals surface area contributed by atoms with Crippen molar-refractivity contribution in [3.05, 3.63) is 0 Å². The lowest BCUT2D eigenvalue weighted by Gasteiger charge is -2.32. The summed E-state index contributed by atoms with van der Waals surface area (Å²) in [6.45, 7) is 2.86. The first-order chi connectivity index (χ1) is 6.72. The van der Waals surface area contributed by atoms with Gasteiger partial charge in [-0.3, -0.25) is 4.79 Å². The summed E-state index contributed by atoms with van der Waals surface area (Å²) in [5.41, 5.74) is 0. The van der Waals surface area contributed by atoms with Crippen molar-refractivity contribution in [2.75, 3.05) is 26.2 Å². The van der Waals surface area contributed by atoms with Crippen LogP contribution in [0.3, 0.4) is 0 Å². The molecule has 0 aromatic heterocycles. The summed E-state index contributed by atoms with van der Waals surface area (Å²) in [6.07, 6.45) is 3.38. The maximum Gasteiger partial charge on any atom is 0.304 e. The minimum Gasteiger partial charge on any atom is -0.481 e. The molecular formula is C10H19NO3. The minimum absolute atomic E-state index is 0.228. The van der Waals surface area contributed by atoms with Gasteiger partial charge in [-0.2, -0.15) is 0 Å². The number of carboxylic acid groups (broad SMARTS) is 1. The Morgan fingerprint density at radius 3 is 2.93 bits per heavy atom. The number of carboxylic acids is 1. The first kappa shape index (κ1) is 11.5. The van der Waals surface area contributed by atoms with Crippen LogP contribution < -0.4 is 0 Å². The zero-order valence-electron chi connectivity index (χ0n) is 8.48. The average molecular weight is 201 g/mol. The topological polar surface area (TPSA) is 60.8 Å². The van der Waals surface area contributed by atoms with Gasteiger partial charge in [0.2, 0.25) is 0 Å². The fourth-order valence-electron chi connectivity index (χ4n) is 2.03. The lowest BCUT2D eigenvalue weighted by atomic mass is 9.95. The van der Waals surface area contributed by atoms with Gasteiger partial charge in [0.15, 0.2) is 0 Å². The lowest BCUT2D eigenvalue weighted by Crippen LogP contribution is -2.37. The molecular weight excluding hydrogens is 182 g/mol. The van der Waals surface area contributed by atoms with E-state index >= 15 is 0 Å². The van der Waals surface area contributed by atoms with E-state index in [-0.39, 0.29) is 13.0 Å². The molecule has 1 aliphatic heterocycles. The van der Waals surface area contributed by atoms with E-state index in [9.17, 15) is 4.79 Å². The van der Waals surface area contributed by atoms with Gasteiger partial charge in [0.25, 0.3) is 0 Å². The zero-order valence-corrected chi connectivity index (χ0v) is 8.48. The molecule has 0 amide bonds. The van der Waals surface area contributed by atoms with E-state index in [0.717, 1.165) is 25.9 Å². The molecule has 1 unspecified atom stereocenters. The normalized spacial score (nSPS) is 23.6. The highest BCUT2D eigenvalue weighted by atomic mass is 16.4. The standard InChI is InChI=1S/C10H19NO3/c12-7-4-9-2-1-5-11(8-9)6-3-10(13)14/h9,12H,1-8H2,(H,13,14). The zero-order chi connectivity index (χ0) is 10.4. The second-order valence-corrected chi connectivity index (χ2v) is 3.96. The smallest absolute Gasteiger partial charge is 0.304 e. The first-order valence-corrected chi connectivity index (χ1v) is 5.27. The molecule has 4 heteroatoms.